The zero-order valence-corrected chi connectivity index (χ0v) is 10.4. The van der Waals surface area contributed by atoms with Gasteiger partial charge in [0.2, 0.25) is 0 Å². The zero-order valence-electron chi connectivity index (χ0n) is 10.4. The van der Waals surface area contributed by atoms with Crippen molar-refractivity contribution in [3.63, 3.8) is 0 Å². The number of pyridine rings is 1. The topological polar surface area (TPSA) is 48.1 Å². The van der Waals surface area contributed by atoms with Crippen LogP contribution in [0.25, 0.3) is 0 Å². The van der Waals surface area contributed by atoms with Gasteiger partial charge in [-0.1, -0.05) is 12.1 Å². The Hall–Kier alpha value is -1.94. The zero-order chi connectivity index (χ0) is 13.2. The van der Waals surface area contributed by atoms with E-state index in [1.54, 1.807) is 13.3 Å². The second kappa shape index (κ2) is 4.74. The average molecular weight is 246 g/mol. The molecule has 4 heteroatoms. The van der Waals surface area contributed by atoms with Gasteiger partial charge in [-0.2, -0.15) is 0 Å². The Labute approximate surface area is 105 Å². The molecule has 1 aromatic heterocycles. The van der Waals surface area contributed by atoms with Crippen molar-refractivity contribution in [2.45, 2.75) is 12.5 Å². The van der Waals surface area contributed by atoms with Crippen LogP contribution in [0.15, 0.2) is 42.7 Å². The molecule has 0 saturated carbocycles. The van der Waals surface area contributed by atoms with Gasteiger partial charge >= 0.3 is 0 Å². The highest BCUT2D eigenvalue weighted by Crippen LogP contribution is 2.27. The maximum atomic E-state index is 13.2. The predicted octanol–water partition coefficient (Wildman–Crippen LogP) is 2.45. The number of benzene rings is 1. The highest BCUT2D eigenvalue weighted by molar-refractivity contribution is 5.38. The van der Waals surface area contributed by atoms with Crippen molar-refractivity contribution in [3.05, 3.63) is 59.7 Å². The van der Waals surface area contributed by atoms with Gasteiger partial charge < -0.3 is 10.5 Å². The van der Waals surface area contributed by atoms with Crippen LogP contribution >= 0.6 is 0 Å². The first-order chi connectivity index (χ1) is 8.54. The molecule has 0 amide bonds. The molecular weight excluding hydrogens is 231 g/mol. The van der Waals surface area contributed by atoms with Crippen molar-refractivity contribution in [1.29, 1.82) is 0 Å². The summed E-state index contributed by atoms with van der Waals surface area (Å²) in [4.78, 5) is 3.83. The lowest BCUT2D eigenvalue weighted by Gasteiger charge is -2.25. The van der Waals surface area contributed by atoms with Gasteiger partial charge in [0.1, 0.15) is 11.6 Å². The fraction of sp³-hybridized carbons (Fsp3) is 0.214. The lowest BCUT2D eigenvalue weighted by atomic mass is 9.86. The van der Waals surface area contributed by atoms with E-state index in [9.17, 15) is 4.39 Å². The van der Waals surface area contributed by atoms with E-state index in [0.717, 1.165) is 17.5 Å². The highest BCUT2D eigenvalue weighted by Gasteiger charge is 2.24. The smallest absolute Gasteiger partial charge is 0.141 e. The summed E-state index contributed by atoms with van der Waals surface area (Å²) in [5, 5.41) is 0. The minimum Gasteiger partial charge on any atom is -0.497 e. The van der Waals surface area contributed by atoms with Crippen LogP contribution in [-0.4, -0.2) is 12.1 Å². The summed E-state index contributed by atoms with van der Waals surface area (Å²) in [6.45, 7) is 1.82. The van der Waals surface area contributed by atoms with Crippen molar-refractivity contribution in [2.75, 3.05) is 7.11 Å². The fourth-order valence-electron chi connectivity index (χ4n) is 1.80. The molecule has 1 heterocycles. The molecule has 0 saturated heterocycles. The molecule has 0 aliphatic heterocycles. The van der Waals surface area contributed by atoms with Crippen LogP contribution in [0.1, 0.15) is 18.1 Å². The number of methoxy groups -OCH3 is 1. The van der Waals surface area contributed by atoms with Crippen molar-refractivity contribution >= 4 is 0 Å². The minimum atomic E-state index is -0.790. The molecule has 18 heavy (non-hydrogen) atoms. The van der Waals surface area contributed by atoms with Gasteiger partial charge in [0, 0.05) is 6.20 Å². The molecule has 1 aromatic carbocycles. The number of hydrogen-bond donors (Lipinski definition) is 1. The van der Waals surface area contributed by atoms with Crippen LogP contribution in [-0.2, 0) is 5.54 Å². The Kier molecular flexibility index (Phi) is 3.30. The van der Waals surface area contributed by atoms with Gasteiger partial charge in [-0.25, -0.2) is 4.39 Å². The van der Waals surface area contributed by atoms with Gasteiger partial charge in [0.15, 0.2) is 0 Å². The van der Waals surface area contributed by atoms with Gasteiger partial charge in [-0.15, -0.1) is 0 Å². The molecule has 0 aliphatic carbocycles. The van der Waals surface area contributed by atoms with Crippen molar-refractivity contribution in [2.24, 2.45) is 5.73 Å². The highest BCUT2D eigenvalue weighted by atomic mass is 19.1. The quantitative estimate of drug-likeness (QED) is 0.905. The minimum absolute atomic E-state index is 0.391. The Morgan fingerprint density at radius 3 is 2.39 bits per heavy atom. The third kappa shape index (κ3) is 2.33. The summed E-state index contributed by atoms with van der Waals surface area (Å²) in [5.41, 5.74) is 6.99. The maximum Gasteiger partial charge on any atom is 0.141 e. The number of nitrogens with two attached hydrogens (primary N) is 1. The van der Waals surface area contributed by atoms with Crippen LogP contribution in [0.3, 0.4) is 0 Å². The summed E-state index contributed by atoms with van der Waals surface area (Å²) in [7, 11) is 1.60. The van der Waals surface area contributed by atoms with Crippen LogP contribution in [0.4, 0.5) is 4.39 Å². The van der Waals surface area contributed by atoms with Gasteiger partial charge in [0.05, 0.1) is 18.8 Å². The van der Waals surface area contributed by atoms with E-state index in [0.29, 0.717) is 5.56 Å². The van der Waals surface area contributed by atoms with Gasteiger partial charge in [-0.3, -0.25) is 4.98 Å². The van der Waals surface area contributed by atoms with Crippen LogP contribution in [0.5, 0.6) is 5.75 Å². The molecule has 0 radical (unpaired) electrons. The number of nitrogens with zero attached hydrogens (tertiary/aromatic N) is 1. The molecule has 94 valence electrons. The first-order valence-corrected chi connectivity index (χ1v) is 5.58. The van der Waals surface area contributed by atoms with E-state index in [-0.39, 0.29) is 0 Å². The second-order valence-corrected chi connectivity index (χ2v) is 4.32. The molecule has 0 fully saturated rings. The first kappa shape index (κ1) is 12.5. The summed E-state index contributed by atoms with van der Waals surface area (Å²) < 4.78 is 18.3. The number of halogens is 1. The molecule has 2 rings (SSSR count). The van der Waals surface area contributed by atoms with Crippen LogP contribution in [0, 0.1) is 5.82 Å². The molecular formula is C14H15FN2O. The SMILES string of the molecule is COc1ccc(C(C)(N)c2cncc(F)c2)cc1. The van der Waals surface area contributed by atoms with E-state index in [1.165, 1.54) is 6.07 Å². The Morgan fingerprint density at radius 1 is 1.17 bits per heavy atom. The number of aromatic nitrogens is 1. The Morgan fingerprint density at radius 2 is 1.83 bits per heavy atom. The average Bonchev–Trinajstić information content (AvgIpc) is 2.39. The molecule has 2 aromatic rings. The lowest BCUT2D eigenvalue weighted by Crippen LogP contribution is -2.34. The van der Waals surface area contributed by atoms with Gasteiger partial charge in [-0.05, 0) is 36.2 Å². The Bertz CT molecular complexity index is 538. The third-order valence-electron chi connectivity index (χ3n) is 2.99. The fourth-order valence-corrected chi connectivity index (χ4v) is 1.80. The monoisotopic (exact) mass is 246 g/mol. The van der Waals surface area contributed by atoms with Gasteiger partial charge in [0.25, 0.3) is 0 Å². The predicted molar refractivity (Wildman–Crippen MR) is 67.8 cm³/mol. The van der Waals surface area contributed by atoms with Crippen molar-refractivity contribution in [1.82, 2.24) is 4.98 Å². The Balaban J connectivity index is 2.40. The number of hydrogen-bond acceptors (Lipinski definition) is 3. The van der Waals surface area contributed by atoms with Crippen LogP contribution < -0.4 is 10.5 Å². The van der Waals surface area contributed by atoms with Crippen molar-refractivity contribution in [3.8, 4) is 5.75 Å². The van der Waals surface area contributed by atoms with E-state index in [2.05, 4.69) is 4.98 Å². The number of ether oxygens (including phenoxy) is 1. The number of rotatable bonds is 3. The third-order valence-corrected chi connectivity index (χ3v) is 2.99. The maximum absolute atomic E-state index is 13.2. The van der Waals surface area contributed by atoms with E-state index < -0.39 is 11.4 Å². The molecule has 1 unspecified atom stereocenters. The summed E-state index contributed by atoms with van der Waals surface area (Å²) in [5.74, 6) is 0.365. The second-order valence-electron chi connectivity index (χ2n) is 4.32. The summed E-state index contributed by atoms with van der Waals surface area (Å²) in [6, 6.07) is 8.78. The van der Waals surface area contributed by atoms with E-state index in [1.807, 2.05) is 31.2 Å². The standard InChI is InChI=1S/C14H15FN2O/c1-14(16,11-7-12(15)9-17-8-11)10-3-5-13(18-2)6-4-10/h3-9H,16H2,1-2H3. The lowest BCUT2D eigenvalue weighted by molar-refractivity contribution is 0.414. The molecule has 3 nitrogen and oxygen atoms in total. The van der Waals surface area contributed by atoms with Crippen molar-refractivity contribution < 1.29 is 9.13 Å². The first-order valence-electron chi connectivity index (χ1n) is 5.58. The molecule has 0 aliphatic rings. The van der Waals surface area contributed by atoms with E-state index in [4.69, 9.17) is 10.5 Å². The molecule has 0 bridgehead atoms. The largest absolute Gasteiger partial charge is 0.497 e. The molecule has 0 spiro atoms. The van der Waals surface area contributed by atoms with E-state index >= 15 is 0 Å². The summed E-state index contributed by atoms with van der Waals surface area (Å²) >= 11 is 0. The molecule has 1 atom stereocenters. The van der Waals surface area contributed by atoms with Crippen LogP contribution in [0.2, 0.25) is 0 Å². The molecule has 2 N–H and O–H groups in total. The normalized spacial score (nSPS) is 14.0. The summed E-state index contributed by atoms with van der Waals surface area (Å²) in [6.07, 6.45) is 2.74.